The summed E-state index contributed by atoms with van der Waals surface area (Å²) in [6, 6.07) is 8.33. The third-order valence-electron chi connectivity index (χ3n) is 3.57. The second-order valence-electron chi connectivity index (χ2n) is 5.77. The fourth-order valence-electron chi connectivity index (χ4n) is 2.33. The third-order valence-corrected chi connectivity index (χ3v) is 3.57. The lowest BCUT2D eigenvalue weighted by atomic mass is 9.85. The molecule has 0 bridgehead atoms. The standard InChI is InChI=1S/C15H23N3/c1-15(2,9-10-16-3)11-14-17-12-7-5-6-8-13(12)18(14)4/h5-8,16H,9-11H2,1-4H3. The van der Waals surface area contributed by atoms with E-state index in [1.807, 2.05) is 13.1 Å². The van der Waals surface area contributed by atoms with Gasteiger partial charge in [-0.05, 0) is 37.6 Å². The van der Waals surface area contributed by atoms with E-state index >= 15 is 0 Å². The zero-order valence-electron chi connectivity index (χ0n) is 11.8. The molecule has 0 atom stereocenters. The Labute approximate surface area is 109 Å². The van der Waals surface area contributed by atoms with Crippen molar-refractivity contribution in [3.8, 4) is 0 Å². The van der Waals surface area contributed by atoms with Crippen molar-refractivity contribution in [3.63, 3.8) is 0 Å². The van der Waals surface area contributed by atoms with E-state index in [9.17, 15) is 0 Å². The van der Waals surface area contributed by atoms with Gasteiger partial charge in [-0.1, -0.05) is 26.0 Å². The van der Waals surface area contributed by atoms with Crippen molar-refractivity contribution in [2.24, 2.45) is 12.5 Å². The van der Waals surface area contributed by atoms with Crippen LogP contribution in [0.15, 0.2) is 24.3 Å². The molecule has 0 aliphatic rings. The van der Waals surface area contributed by atoms with Crippen LogP contribution in [0.4, 0.5) is 0 Å². The Hall–Kier alpha value is -1.35. The number of hydrogen-bond donors (Lipinski definition) is 1. The lowest BCUT2D eigenvalue weighted by Crippen LogP contribution is -2.23. The molecular formula is C15H23N3. The van der Waals surface area contributed by atoms with Gasteiger partial charge in [-0.25, -0.2) is 4.98 Å². The highest BCUT2D eigenvalue weighted by Crippen LogP contribution is 2.26. The first-order chi connectivity index (χ1) is 8.53. The maximum atomic E-state index is 4.75. The Balaban J connectivity index is 2.23. The van der Waals surface area contributed by atoms with Gasteiger partial charge in [0.15, 0.2) is 0 Å². The molecule has 98 valence electrons. The first kappa shape index (κ1) is 13.1. The highest BCUT2D eigenvalue weighted by molar-refractivity contribution is 5.75. The maximum Gasteiger partial charge on any atom is 0.110 e. The molecule has 0 amide bonds. The van der Waals surface area contributed by atoms with E-state index in [1.54, 1.807) is 0 Å². The van der Waals surface area contributed by atoms with Crippen LogP contribution in [0.2, 0.25) is 0 Å². The van der Waals surface area contributed by atoms with Gasteiger partial charge in [0.1, 0.15) is 5.82 Å². The summed E-state index contributed by atoms with van der Waals surface area (Å²) in [5.74, 6) is 1.18. The Bertz CT molecular complexity index is 526. The van der Waals surface area contributed by atoms with Crippen LogP contribution in [0, 0.1) is 5.41 Å². The van der Waals surface area contributed by atoms with Gasteiger partial charge in [0.05, 0.1) is 11.0 Å². The van der Waals surface area contributed by atoms with Gasteiger partial charge in [-0.15, -0.1) is 0 Å². The number of para-hydroxylation sites is 2. The minimum Gasteiger partial charge on any atom is -0.331 e. The van der Waals surface area contributed by atoms with Gasteiger partial charge in [0, 0.05) is 13.5 Å². The molecule has 1 aromatic carbocycles. The molecule has 0 spiro atoms. The molecule has 0 aliphatic carbocycles. The minimum atomic E-state index is 0.276. The van der Waals surface area contributed by atoms with E-state index in [1.165, 1.54) is 11.3 Å². The van der Waals surface area contributed by atoms with Gasteiger partial charge in [0.2, 0.25) is 0 Å². The van der Waals surface area contributed by atoms with Crippen LogP contribution < -0.4 is 5.32 Å². The normalized spacial score (nSPS) is 12.2. The molecular weight excluding hydrogens is 222 g/mol. The van der Waals surface area contributed by atoms with E-state index in [0.717, 1.165) is 24.9 Å². The molecule has 0 unspecified atom stereocenters. The molecule has 1 aromatic heterocycles. The number of imidazole rings is 1. The van der Waals surface area contributed by atoms with Crippen LogP contribution in [-0.2, 0) is 13.5 Å². The summed E-state index contributed by atoms with van der Waals surface area (Å²) >= 11 is 0. The molecule has 0 fully saturated rings. The van der Waals surface area contributed by atoms with Gasteiger partial charge >= 0.3 is 0 Å². The summed E-state index contributed by atoms with van der Waals surface area (Å²) in [6.07, 6.45) is 2.17. The molecule has 0 radical (unpaired) electrons. The van der Waals surface area contributed by atoms with Crippen molar-refractivity contribution >= 4 is 11.0 Å². The molecule has 3 nitrogen and oxygen atoms in total. The van der Waals surface area contributed by atoms with E-state index in [0.29, 0.717) is 0 Å². The number of nitrogens with one attached hydrogen (secondary N) is 1. The number of rotatable bonds is 5. The summed E-state index contributed by atoms with van der Waals surface area (Å²) in [5.41, 5.74) is 2.59. The fourth-order valence-corrected chi connectivity index (χ4v) is 2.33. The summed E-state index contributed by atoms with van der Waals surface area (Å²) in [7, 11) is 4.12. The smallest absolute Gasteiger partial charge is 0.110 e. The second-order valence-corrected chi connectivity index (χ2v) is 5.77. The van der Waals surface area contributed by atoms with E-state index in [-0.39, 0.29) is 5.41 Å². The number of fused-ring (bicyclic) bond motifs is 1. The van der Waals surface area contributed by atoms with Gasteiger partial charge < -0.3 is 9.88 Å². The molecule has 2 rings (SSSR count). The molecule has 3 heteroatoms. The third kappa shape index (κ3) is 2.72. The zero-order valence-corrected chi connectivity index (χ0v) is 11.8. The largest absolute Gasteiger partial charge is 0.331 e. The quantitative estimate of drug-likeness (QED) is 0.878. The van der Waals surface area contributed by atoms with E-state index in [4.69, 9.17) is 4.98 Å². The van der Waals surface area contributed by atoms with Crippen LogP contribution in [-0.4, -0.2) is 23.1 Å². The average molecular weight is 245 g/mol. The highest BCUT2D eigenvalue weighted by Gasteiger charge is 2.21. The highest BCUT2D eigenvalue weighted by atomic mass is 15.1. The number of benzene rings is 1. The maximum absolute atomic E-state index is 4.75. The summed E-state index contributed by atoms with van der Waals surface area (Å²) in [6.45, 7) is 5.67. The second kappa shape index (κ2) is 5.11. The lowest BCUT2D eigenvalue weighted by molar-refractivity contribution is 0.320. The fraction of sp³-hybridized carbons (Fsp3) is 0.533. The summed E-state index contributed by atoms with van der Waals surface area (Å²) < 4.78 is 2.22. The monoisotopic (exact) mass is 245 g/mol. The van der Waals surface area contributed by atoms with Gasteiger partial charge in [-0.3, -0.25) is 0 Å². The Kier molecular flexibility index (Phi) is 3.71. The van der Waals surface area contributed by atoms with Crippen molar-refractivity contribution < 1.29 is 0 Å². The average Bonchev–Trinajstić information content (AvgIpc) is 2.64. The lowest BCUT2D eigenvalue weighted by Gasteiger charge is -2.24. The first-order valence-electron chi connectivity index (χ1n) is 6.58. The molecule has 2 aromatic rings. The molecule has 0 saturated heterocycles. The number of hydrogen-bond acceptors (Lipinski definition) is 2. The van der Waals surface area contributed by atoms with Gasteiger partial charge in [0.25, 0.3) is 0 Å². The van der Waals surface area contributed by atoms with E-state index in [2.05, 4.69) is 49.0 Å². The minimum absolute atomic E-state index is 0.276. The Morgan fingerprint density at radius 2 is 2.00 bits per heavy atom. The SMILES string of the molecule is CNCCC(C)(C)Cc1nc2ccccc2n1C. The number of aromatic nitrogens is 2. The summed E-state index contributed by atoms with van der Waals surface area (Å²) in [4.78, 5) is 4.75. The van der Waals surface area contributed by atoms with Crippen LogP contribution in [0.3, 0.4) is 0 Å². The topological polar surface area (TPSA) is 29.9 Å². The van der Waals surface area contributed by atoms with Crippen LogP contribution in [0.25, 0.3) is 11.0 Å². The van der Waals surface area contributed by atoms with E-state index < -0.39 is 0 Å². The van der Waals surface area contributed by atoms with Crippen LogP contribution in [0.1, 0.15) is 26.1 Å². The van der Waals surface area contributed by atoms with Crippen molar-refractivity contribution in [2.45, 2.75) is 26.7 Å². The van der Waals surface area contributed by atoms with Crippen molar-refractivity contribution in [2.75, 3.05) is 13.6 Å². The van der Waals surface area contributed by atoms with Crippen molar-refractivity contribution in [1.29, 1.82) is 0 Å². The summed E-state index contributed by atoms with van der Waals surface area (Å²) in [5, 5.41) is 3.22. The molecule has 0 saturated carbocycles. The van der Waals surface area contributed by atoms with Gasteiger partial charge in [-0.2, -0.15) is 0 Å². The molecule has 1 heterocycles. The number of nitrogens with zero attached hydrogens (tertiary/aromatic N) is 2. The molecule has 0 aliphatic heterocycles. The Morgan fingerprint density at radius 1 is 1.28 bits per heavy atom. The zero-order chi connectivity index (χ0) is 13.2. The van der Waals surface area contributed by atoms with Crippen molar-refractivity contribution in [1.82, 2.24) is 14.9 Å². The Morgan fingerprint density at radius 3 is 2.67 bits per heavy atom. The predicted molar refractivity (Wildman–Crippen MR) is 76.7 cm³/mol. The first-order valence-corrected chi connectivity index (χ1v) is 6.58. The molecule has 1 N–H and O–H groups in total. The number of aryl methyl sites for hydroxylation is 1. The molecule has 18 heavy (non-hydrogen) atoms. The van der Waals surface area contributed by atoms with Crippen LogP contribution in [0.5, 0.6) is 0 Å². The van der Waals surface area contributed by atoms with Crippen molar-refractivity contribution in [3.05, 3.63) is 30.1 Å². The van der Waals surface area contributed by atoms with Crippen LogP contribution >= 0.6 is 0 Å². The predicted octanol–water partition coefficient (Wildman–Crippen LogP) is 2.75.